The zero-order valence-electron chi connectivity index (χ0n) is 12.8. The quantitative estimate of drug-likeness (QED) is 0.832. The lowest BCUT2D eigenvalue weighted by Gasteiger charge is -2.36. The second kappa shape index (κ2) is 7.58. The van der Waals surface area contributed by atoms with Crippen LogP contribution in [0.25, 0.3) is 0 Å². The molecule has 1 aromatic rings. The number of halogens is 1. The van der Waals surface area contributed by atoms with E-state index in [0.29, 0.717) is 19.6 Å². The van der Waals surface area contributed by atoms with Crippen molar-refractivity contribution in [2.45, 2.75) is 39.5 Å². The third-order valence-corrected chi connectivity index (χ3v) is 4.80. The van der Waals surface area contributed by atoms with Gasteiger partial charge in [-0.15, -0.1) is 11.3 Å². The summed E-state index contributed by atoms with van der Waals surface area (Å²) in [4.78, 5) is 17.7. The maximum Gasteiger partial charge on any atom is 0.236 e. The summed E-state index contributed by atoms with van der Waals surface area (Å²) in [6.45, 7) is 9.55. The van der Waals surface area contributed by atoms with Crippen molar-refractivity contribution >= 4 is 28.8 Å². The molecule has 1 aliphatic heterocycles. The van der Waals surface area contributed by atoms with E-state index in [2.05, 4.69) is 11.8 Å². The van der Waals surface area contributed by atoms with Gasteiger partial charge in [-0.2, -0.15) is 0 Å². The van der Waals surface area contributed by atoms with Crippen molar-refractivity contribution in [3.8, 4) is 0 Å². The average Bonchev–Trinajstić information content (AvgIpc) is 2.82. The number of rotatable bonds is 5. The number of hydrogen-bond donors (Lipinski definition) is 0. The first-order chi connectivity index (χ1) is 9.97. The highest BCUT2D eigenvalue weighted by Crippen LogP contribution is 2.22. The summed E-state index contributed by atoms with van der Waals surface area (Å²) in [5.74, 6) is 0.182. The molecule has 0 saturated carbocycles. The Hall–Kier alpha value is -0.620. The maximum absolute atomic E-state index is 12.5. The predicted octanol–water partition coefficient (Wildman–Crippen LogP) is 2.86. The van der Waals surface area contributed by atoms with E-state index in [1.54, 1.807) is 11.3 Å². The molecule has 1 saturated heterocycles. The van der Waals surface area contributed by atoms with Gasteiger partial charge in [0.05, 0.1) is 23.1 Å². The summed E-state index contributed by atoms with van der Waals surface area (Å²) in [6, 6.07) is 3.93. The topological polar surface area (TPSA) is 32.8 Å². The largest absolute Gasteiger partial charge is 0.372 e. The molecule has 1 amide bonds. The minimum atomic E-state index is 0.115. The molecule has 0 radical (unpaired) electrons. The molecule has 4 nitrogen and oxygen atoms in total. The molecule has 0 N–H and O–H groups in total. The maximum atomic E-state index is 12.5. The highest BCUT2D eigenvalue weighted by Gasteiger charge is 2.26. The molecule has 1 aromatic heterocycles. The van der Waals surface area contributed by atoms with E-state index >= 15 is 0 Å². The van der Waals surface area contributed by atoms with Crippen molar-refractivity contribution in [1.82, 2.24) is 9.80 Å². The van der Waals surface area contributed by atoms with Gasteiger partial charge in [0.1, 0.15) is 0 Å². The molecule has 2 rings (SSSR count). The van der Waals surface area contributed by atoms with Crippen LogP contribution in [-0.4, -0.2) is 54.1 Å². The molecule has 21 heavy (non-hydrogen) atoms. The molecule has 0 bridgehead atoms. The van der Waals surface area contributed by atoms with Gasteiger partial charge in [-0.3, -0.25) is 9.69 Å². The number of morpholine rings is 1. The van der Waals surface area contributed by atoms with Gasteiger partial charge in [0, 0.05) is 24.5 Å². The monoisotopic (exact) mass is 330 g/mol. The van der Waals surface area contributed by atoms with Gasteiger partial charge in [-0.05, 0) is 32.5 Å². The predicted molar refractivity (Wildman–Crippen MR) is 86.9 cm³/mol. The van der Waals surface area contributed by atoms with Gasteiger partial charge in [0.25, 0.3) is 0 Å². The Morgan fingerprint density at radius 2 is 2.10 bits per heavy atom. The van der Waals surface area contributed by atoms with Crippen molar-refractivity contribution < 1.29 is 9.53 Å². The van der Waals surface area contributed by atoms with Gasteiger partial charge < -0.3 is 9.64 Å². The molecule has 118 valence electrons. The lowest BCUT2D eigenvalue weighted by Crippen LogP contribution is -2.50. The van der Waals surface area contributed by atoms with Crippen molar-refractivity contribution in [1.29, 1.82) is 0 Å². The Kier molecular flexibility index (Phi) is 6.05. The number of ether oxygens (including phenoxy) is 1. The zero-order chi connectivity index (χ0) is 15.4. The normalized spacial score (nSPS) is 22.8. The van der Waals surface area contributed by atoms with Crippen LogP contribution < -0.4 is 0 Å². The molecular formula is C15H23ClN2O2S. The van der Waals surface area contributed by atoms with E-state index in [-0.39, 0.29) is 18.1 Å². The first kappa shape index (κ1) is 16.7. The molecule has 2 heterocycles. The second-order valence-corrected chi connectivity index (χ2v) is 7.36. The fraction of sp³-hybridized carbons (Fsp3) is 0.667. The van der Waals surface area contributed by atoms with Crippen LogP contribution in [0.4, 0.5) is 0 Å². The zero-order valence-corrected chi connectivity index (χ0v) is 14.4. The summed E-state index contributed by atoms with van der Waals surface area (Å²) >= 11 is 7.53. The van der Waals surface area contributed by atoms with E-state index in [1.807, 2.05) is 30.9 Å². The number of amides is 1. The van der Waals surface area contributed by atoms with Gasteiger partial charge in [0.15, 0.2) is 0 Å². The average molecular weight is 331 g/mol. The smallest absolute Gasteiger partial charge is 0.236 e. The summed E-state index contributed by atoms with van der Waals surface area (Å²) in [7, 11) is 0. The van der Waals surface area contributed by atoms with E-state index in [0.717, 1.165) is 17.4 Å². The third-order valence-electron chi connectivity index (χ3n) is 3.59. The highest BCUT2D eigenvalue weighted by atomic mass is 35.5. The van der Waals surface area contributed by atoms with Gasteiger partial charge in [-0.25, -0.2) is 0 Å². The number of likely N-dealkylation sites (N-methyl/N-ethyl adjacent to an activating group) is 1. The van der Waals surface area contributed by atoms with Crippen LogP contribution in [0, 0.1) is 0 Å². The second-order valence-electron chi connectivity index (χ2n) is 5.57. The number of carbonyl (C=O) groups is 1. The Bertz CT molecular complexity index is 470. The van der Waals surface area contributed by atoms with Gasteiger partial charge in [-0.1, -0.05) is 18.5 Å². The van der Waals surface area contributed by atoms with Crippen molar-refractivity contribution in [2.24, 2.45) is 0 Å². The standard InChI is InChI=1S/C15H23ClN2O2S/c1-4-17(9-13-5-6-14(16)21-13)10-15(19)18-7-11(2)20-12(3)8-18/h5-6,11-12H,4,7-10H2,1-3H3. The van der Waals surface area contributed by atoms with Crippen LogP contribution in [0.2, 0.25) is 4.34 Å². The van der Waals surface area contributed by atoms with E-state index in [1.165, 1.54) is 4.88 Å². The highest BCUT2D eigenvalue weighted by molar-refractivity contribution is 7.16. The summed E-state index contributed by atoms with van der Waals surface area (Å²) in [5.41, 5.74) is 0. The molecule has 2 unspecified atom stereocenters. The van der Waals surface area contributed by atoms with Crippen LogP contribution in [0.1, 0.15) is 25.6 Å². The Morgan fingerprint density at radius 3 is 2.62 bits per heavy atom. The van der Waals surface area contributed by atoms with Crippen molar-refractivity contribution in [2.75, 3.05) is 26.2 Å². The van der Waals surface area contributed by atoms with Gasteiger partial charge >= 0.3 is 0 Å². The first-order valence-electron chi connectivity index (χ1n) is 7.37. The molecule has 2 atom stereocenters. The number of hydrogen-bond acceptors (Lipinski definition) is 4. The first-order valence-corrected chi connectivity index (χ1v) is 8.57. The third kappa shape index (κ3) is 4.95. The van der Waals surface area contributed by atoms with Crippen molar-refractivity contribution in [3.05, 3.63) is 21.3 Å². The van der Waals surface area contributed by atoms with Crippen LogP contribution in [0.3, 0.4) is 0 Å². The summed E-state index contributed by atoms with van der Waals surface area (Å²) in [5, 5.41) is 0. The lowest BCUT2D eigenvalue weighted by atomic mass is 10.2. The summed E-state index contributed by atoms with van der Waals surface area (Å²) < 4.78 is 6.47. The van der Waals surface area contributed by atoms with Crippen LogP contribution in [0.15, 0.2) is 12.1 Å². The van der Waals surface area contributed by atoms with E-state index in [9.17, 15) is 4.79 Å². The molecule has 1 fully saturated rings. The minimum absolute atomic E-state index is 0.115. The fourth-order valence-corrected chi connectivity index (χ4v) is 3.74. The van der Waals surface area contributed by atoms with Crippen LogP contribution in [0.5, 0.6) is 0 Å². The van der Waals surface area contributed by atoms with Gasteiger partial charge in [0.2, 0.25) is 5.91 Å². The van der Waals surface area contributed by atoms with Crippen molar-refractivity contribution in [3.63, 3.8) is 0 Å². The lowest BCUT2D eigenvalue weighted by molar-refractivity contribution is -0.144. The number of nitrogens with zero attached hydrogens (tertiary/aromatic N) is 2. The SMILES string of the molecule is CCN(CC(=O)N1CC(C)OC(C)C1)Cc1ccc(Cl)s1. The Morgan fingerprint density at radius 1 is 1.43 bits per heavy atom. The molecule has 6 heteroatoms. The Labute approximate surface area is 135 Å². The molecular weight excluding hydrogens is 308 g/mol. The summed E-state index contributed by atoms with van der Waals surface area (Å²) in [6.07, 6.45) is 0.229. The van der Waals surface area contributed by atoms with E-state index < -0.39 is 0 Å². The molecule has 0 spiro atoms. The van der Waals surface area contributed by atoms with Crippen LogP contribution in [-0.2, 0) is 16.1 Å². The molecule has 0 aliphatic carbocycles. The van der Waals surface area contributed by atoms with Crippen LogP contribution >= 0.6 is 22.9 Å². The number of thiophene rings is 1. The molecule has 1 aliphatic rings. The molecule has 0 aromatic carbocycles. The minimum Gasteiger partial charge on any atom is -0.372 e. The number of carbonyl (C=O) groups excluding carboxylic acids is 1. The fourth-order valence-electron chi connectivity index (χ4n) is 2.61. The Balaban J connectivity index is 1.90. The van der Waals surface area contributed by atoms with E-state index in [4.69, 9.17) is 16.3 Å².